The van der Waals surface area contributed by atoms with Crippen molar-refractivity contribution in [3.8, 4) is 0 Å². The summed E-state index contributed by atoms with van der Waals surface area (Å²) in [4.78, 5) is 30.8. The highest BCUT2D eigenvalue weighted by Crippen LogP contribution is 2.47. The van der Waals surface area contributed by atoms with Crippen LogP contribution in [0, 0.1) is 0 Å². The summed E-state index contributed by atoms with van der Waals surface area (Å²) in [5, 5.41) is 2.64. The summed E-state index contributed by atoms with van der Waals surface area (Å²) in [6, 6.07) is 0. The molecular weight excluding hydrogens is 422 g/mol. The third kappa shape index (κ3) is 5.72. The van der Waals surface area contributed by atoms with E-state index in [1.807, 2.05) is 0 Å². The molecule has 0 aliphatic carbocycles. The Kier molecular flexibility index (Phi) is 7.83. The van der Waals surface area contributed by atoms with Crippen LogP contribution in [-0.4, -0.2) is 65.0 Å². The van der Waals surface area contributed by atoms with Crippen molar-refractivity contribution in [2.24, 2.45) is 0 Å². The molecule has 14 heteroatoms. The summed E-state index contributed by atoms with van der Waals surface area (Å²) in [5.41, 5.74) is -1.09. The minimum absolute atomic E-state index is 0.0521. The maximum Gasteiger partial charge on any atom is 0.582 e. The summed E-state index contributed by atoms with van der Waals surface area (Å²) in [6.45, 7) is 1.65. The van der Waals surface area contributed by atoms with Gasteiger partial charge in [-0.25, -0.2) is 4.57 Å². The molecule has 3 N–H and O–H groups in total. The number of phosphoric acid groups is 1. The van der Waals surface area contributed by atoms with E-state index >= 15 is 0 Å². The maximum atomic E-state index is 11.7. The first-order valence-corrected chi connectivity index (χ1v) is 11.9. The second-order valence-electron chi connectivity index (χ2n) is 5.99. The number of ether oxygens (including phenoxy) is 2. The molecule has 2 aliphatic rings. The smallest absolute Gasteiger partial charge is 0.374 e. The van der Waals surface area contributed by atoms with Gasteiger partial charge in [-0.2, -0.15) is 0 Å². The van der Waals surface area contributed by atoms with Crippen molar-refractivity contribution in [1.29, 1.82) is 0 Å². The number of phosphoric ester groups is 1. The molecule has 0 aromatic carbocycles. The summed E-state index contributed by atoms with van der Waals surface area (Å²) >= 11 is 3.81. The number of thiol groups is 1. The monoisotopic (exact) mass is 445 g/mol. The molecule has 0 aromatic rings. The van der Waals surface area contributed by atoms with Gasteiger partial charge >= 0.3 is 15.1 Å². The fourth-order valence-electron chi connectivity index (χ4n) is 3.19. The first-order chi connectivity index (χ1) is 12.6. The molecule has 2 heterocycles. The maximum absolute atomic E-state index is 11.7. The molecule has 1 saturated heterocycles. The van der Waals surface area contributed by atoms with E-state index in [-0.39, 0.29) is 25.6 Å². The highest BCUT2D eigenvalue weighted by molar-refractivity contribution is 8.39. The molecule has 154 valence electrons. The molecule has 0 spiro atoms. The van der Waals surface area contributed by atoms with E-state index in [0.29, 0.717) is 6.42 Å². The third-order valence-electron chi connectivity index (χ3n) is 4.49. The number of methoxy groups -OCH3 is 1. The van der Waals surface area contributed by atoms with Crippen molar-refractivity contribution in [1.82, 2.24) is 10.2 Å². The van der Waals surface area contributed by atoms with Gasteiger partial charge in [-0.3, -0.25) is 9.32 Å². The van der Waals surface area contributed by atoms with Gasteiger partial charge in [-0.05, 0) is 11.0 Å². The van der Waals surface area contributed by atoms with Gasteiger partial charge in [0.2, 0.25) is 5.91 Å². The summed E-state index contributed by atoms with van der Waals surface area (Å²) in [7, 11) is -5.52. The predicted octanol–water partition coefficient (Wildman–Crippen LogP) is 0.881. The van der Waals surface area contributed by atoms with Crippen LogP contribution in [-0.2, 0) is 32.4 Å². The second kappa shape index (κ2) is 9.30. The number of hydrogen-bond donors (Lipinski definition) is 4. The molecule has 2 rings (SSSR count). The Balaban J connectivity index is 2.28. The summed E-state index contributed by atoms with van der Waals surface area (Å²) < 4.78 is 44.4. The first kappa shape index (κ1) is 22.7. The largest absolute Gasteiger partial charge is 0.582 e. The molecule has 27 heavy (non-hydrogen) atoms. The SMILES string of the molecule is CCC1(CCOP(=O)(O)O)OC(N2C=CC(=O)NC2)C(OC)C1O[P+](=O)S. The van der Waals surface area contributed by atoms with Crippen molar-refractivity contribution in [2.45, 2.75) is 43.8 Å². The molecular formula is C13H23N2O9P2S+. The third-order valence-corrected chi connectivity index (χ3v) is 5.70. The summed E-state index contributed by atoms with van der Waals surface area (Å²) in [5.74, 6) is -0.249. The van der Waals surface area contributed by atoms with Gasteiger partial charge in [0, 0.05) is 25.8 Å². The molecule has 0 radical (unpaired) electrons. The van der Waals surface area contributed by atoms with Crippen molar-refractivity contribution in [3.63, 3.8) is 0 Å². The number of rotatable bonds is 9. The number of amides is 1. The highest BCUT2D eigenvalue weighted by Gasteiger charge is 2.59. The van der Waals surface area contributed by atoms with Crippen LogP contribution >= 0.6 is 27.3 Å². The molecule has 5 unspecified atom stereocenters. The van der Waals surface area contributed by atoms with E-state index in [0.717, 1.165) is 0 Å². The fraction of sp³-hybridized carbons (Fsp3) is 0.769. The molecule has 5 atom stereocenters. The minimum atomic E-state index is -4.65. The molecule has 0 bridgehead atoms. The molecule has 1 fully saturated rings. The van der Waals surface area contributed by atoms with Crippen molar-refractivity contribution in [2.75, 3.05) is 20.4 Å². The fourth-order valence-corrected chi connectivity index (χ4v) is 4.33. The lowest BCUT2D eigenvalue weighted by Crippen LogP contribution is -2.49. The van der Waals surface area contributed by atoms with Crippen LogP contribution < -0.4 is 5.32 Å². The average Bonchev–Trinajstić information content (AvgIpc) is 2.88. The Bertz CT molecular complexity index is 645. The Morgan fingerprint density at radius 2 is 2.26 bits per heavy atom. The van der Waals surface area contributed by atoms with Gasteiger partial charge in [0.05, 0.1) is 13.3 Å². The molecule has 0 saturated carbocycles. The molecule has 11 nitrogen and oxygen atoms in total. The van der Waals surface area contributed by atoms with Gasteiger partial charge < -0.3 is 29.5 Å². The Morgan fingerprint density at radius 3 is 2.74 bits per heavy atom. The van der Waals surface area contributed by atoms with Crippen LogP contribution in [0.4, 0.5) is 0 Å². The lowest BCUT2D eigenvalue weighted by atomic mass is 9.89. The van der Waals surface area contributed by atoms with Crippen LogP contribution in [0.15, 0.2) is 12.3 Å². The van der Waals surface area contributed by atoms with Crippen LogP contribution in [0.2, 0.25) is 0 Å². The lowest BCUT2D eigenvalue weighted by Gasteiger charge is -2.33. The van der Waals surface area contributed by atoms with E-state index in [1.54, 1.807) is 18.0 Å². The van der Waals surface area contributed by atoms with E-state index in [1.165, 1.54) is 13.2 Å². The number of carbonyl (C=O) groups excluding carboxylic acids is 1. The Hall–Kier alpha value is -0.550. The topological polar surface area (TPSA) is 144 Å². The Morgan fingerprint density at radius 1 is 1.56 bits per heavy atom. The highest BCUT2D eigenvalue weighted by atomic mass is 32.7. The van der Waals surface area contributed by atoms with Crippen LogP contribution in [0.3, 0.4) is 0 Å². The molecule has 2 aliphatic heterocycles. The van der Waals surface area contributed by atoms with Gasteiger partial charge in [0.25, 0.3) is 0 Å². The second-order valence-corrected chi connectivity index (χ2v) is 8.90. The van der Waals surface area contributed by atoms with Crippen LogP contribution in [0.5, 0.6) is 0 Å². The van der Waals surface area contributed by atoms with Crippen molar-refractivity contribution < 1.29 is 42.2 Å². The zero-order valence-electron chi connectivity index (χ0n) is 14.8. The minimum Gasteiger partial charge on any atom is -0.374 e. The van der Waals surface area contributed by atoms with Gasteiger partial charge in [-0.15, -0.1) is 4.52 Å². The number of nitrogens with zero attached hydrogens (tertiary/aromatic N) is 1. The Labute approximate surface area is 162 Å². The van der Waals surface area contributed by atoms with Gasteiger partial charge in [0.1, 0.15) is 24.0 Å². The van der Waals surface area contributed by atoms with Crippen LogP contribution in [0.1, 0.15) is 19.8 Å². The first-order valence-electron chi connectivity index (χ1n) is 8.07. The van der Waals surface area contributed by atoms with Gasteiger partial charge in [-0.1, -0.05) is 6.92 Å². The lowest BCUT2D eigenvalue weighted by molar-refractivity contribution is -0.135. The van der Waals surface area contributed by atoms with E-state index in [9.17, 15) is 13.9 Å². The number of nitrogens with one attached hydrogen (secondary N) is 1. The van der Waals surface area contributed by atoms with E-state index < -0.39 is 39.1 Å². The van der Waals surface area contributed by atoms with E-state index in [2.05, 4.69) is 22.1 Å². The van der Waals surface area contributed by atoms with E-state index in [4.69, 9.17) is 23.8 Å². The zero-order valence-corrected chi connectivity index (χ0v) is 17.4. The van der Waals surface area contributed by atoms with Gasteiger partial charge in [0.15, 0.2) is 12.3 Å². The van der Waals surface area contributed by atoms with Crippen LogP contribution in [0.25, 0.3) is 0 Å². The normalized spacial score (nSPS) is 31.9. The predicted molar refractivity (Wildman–Crippen MR) is 96.8 cm³/mol. The zero-order chi connectivity index (χ0) is 20.2. The summed E-state index contributed by atoms with van der Waals surface area (Å²) in [6.07, 6.45) is 1.05. The van der Waals surface area contributed by atoms with Crippen molar-refractivity contribution >= 4 is 33.2 Å². The number of carbonyl (C=O) groups is 1. The number of hydrogen-bond acceptors (Lipinski definition) is 8. The quantitative estimate of drug-likeness (QED) is 0.298. The molecule has 1 amide bonds. The van der Waals surface area contributed by atoms with Crippen molar-refractivity contribution in [3.05, 3.63) is 12.3 Å². The molecule has 0 aromatic heterocycles. The average molecular weight is 445 g/mol. The standard InChI is InChI=1S/C13H22N2O9P2S/c1-3-13(5-7-22-26(18,19)20)11(24-25(17)27)10(21-2)12(23-13)15-6-4-9(16)14-8-15/h4,6,10-12H,3,5,7-8H2,1-2H3,(H3-,14,16,17,18,19,20,27)/p+1.